The van der Waals surface area contributed by atoms with Crippen molar-refractivity contribution in [3.05, 3.63) is 85.5 Å². The van der Waals surface area contributed by atoms with Crippen LogP contribution in [0, 0.1) is 0 Å². The zero-order valence-corrected chi connectivity index (χ0v) is 17.3. The SMILES string of the molecule is COc1ccc([Si]2(c3ccc(OC)cc3)c3cnccc3-c3ccncc32)cc1. The topological polar surface area (TPSA) is 44.2 Å². The van der Waals surface area contributed by atoms with Crippen LogP contribution in [0.3, 0.4) is 0 Å². The van der Waals surface area contributed by atoms with Gasteiger partial charge in [-0.15, -0.1) is 0 Å². The first-order valence-electron chi connectivity index (χ1n) is 9.47. The Balaban J connectivity index is 1.88. The standard InChI is InChI=1S/C24H20N2O2Si/c1-27-17-3-7-19(8-4-17)29(20-9-5-18(28-2)6-10-20)23-15-25-13-11-21(23)22-12-14-26-16-24(22)29/h3-16H,1-2H3. The van der Waals surface area contributed by atoms with Gasteiger partial charge in [-0.25, -0.2) is 0 Å². The lowest BCUT2D eigenvalue weighted by atomic mass is 10.1. The molecular formula is C24H20N2O2Si. The summed E-state index contributed by atoms with van der Waals surface area (Å²) >= 11 is 0. The van der Waals surface area contributed by atoms with Gasteiger partial charge in [-0.1, -0.05) is 24.3 Å². The van der Waals surface area contributed by atoms with E-state index in [2.05, 4.69) is 46.4 Å². The van der Waals surface area contributed by atoms with Crippen LogP contribution in [0.15, 0.2) is 85.5 Å². The van der Waals surface area contributed by atoms with Gasteiger partial charge in [-0.2, -0.15) is 0 Å². The summed E-state index contributed by atoms with van der Waals surface area (Å²) in [5.74, 6) is 1.70. The van der Waals surface area contributed by atoms with Gasteiger partial charge in [0, 0.05) is 24.8 Å². The maximum absolute atomic E-state index is 5.41. The number of hydrogen-bond acceptors (Lipinski definition) is 4. The Hall–Kier alpha value is -3.44. The fourth-order valence-corrected chi connectivity index (χ4v) is 9.45. The van der Waals surface area contributed by atoms with E-state index >= 15 is 0 Å². The largest absolute Gasteiger partial charge is 0.497 e. The Morgan fingerprint density at radius 3 is 1.38 bits per heavy atom. The van der Waals surface area contributed by atoms with Crippen LogP contribution in [0.5, 0.6) is 11.5 Å². The Labute approximate surface area is 170 Å². The number of fused-ring (bicyclic) bond motifs is 3. The van der Waals surface area contributed by atoms with Crippen LogP contribution in [0.25, 0.3) is 11.1 Å². The molecule has 5 heteroatoms. The van der Waals surface area contributed by atoms with E-state index in [1.807, 2.05) is 49.1 Å². The molecule has 5 rings (SSSR count). The Kier molecular flexibility index (Phi) is 4.18. The molecule has 3 heterocycles. The maximum atomic E-state index is 5.41. The number of benzene rings is 2. The quantitative estimate of drug-likeness (QED) is 0.435. The molecule has 0 saturated carbocycles. The monoisotopic (exact) mass is 396 g/mol. The first-order chi connectivity index (χ1) is 14.3. The van der Waals surface area contributed by atoms with Crippen LogP contribution in [-0.4, -0.2) is 32.3 Å². The van der Waals surface area contributed by atoms with E-state index in [1.165, 1.54) is 31.9 Å². The summed E-state index contributed by atoms with van der Waals surface area (Å²) in [6.07, 6.45) is 7.82. The lowest BCUT2D eigenvalue weighted by Gasteiger charge is -2.30. The second-order valence-corrected chi connectivity index (χ2v) is 10.8. The number of pyridine rings is 2. The lowest BCUT2D eigenvalue weighted by molar-refractivity contribution is 0.415. The molecule has 0 radical (unpaired) electrons. The van der Waals surface area contributed by atoms with Crippen molar-refractivity contribution in [2.75, 3.05) is 14.2 Å². The molecule has 0 saturated heterocycles. The second-order valence-electron chi connectivity index (χ2n) is 7.05. The van der Waals surface area contributed by atoms with E-state index in [0.29, 0.717) is 0 Å². The molecule has 0 atom stereocenters. The molecule has 1 aliphatic heterocycles. The summed E-state index contributed by atoms with van der Waals surface area (Å²) < 4.78 is 10.8. The summed E-state index contributed by atoms with van der Waals surface area (Å²) in [7, 11) is 0.855. The third-order valence-corrected chi connectivity index (χ3v) is 10.6. The van der Waals surface area contributed by atoms with Crippen molar-refractivity contribution in [2.45, 2.75) is 0 Å². The molecule has 0 bridgehead atoms. The van der Waals surface area contributed by atoms with Crippen molar-refractivity contribution in [2.24, 2.45) is 0 Å². The molecule has 2 aromatic heterocycles. The van der Waals surface area contributed by atoms with Gasteiger partial charge in [0.05, 0.1) is 14.2 Å². The Bertz CT molecular complexity index is 1080. The van der Waals surface area contributed by atoms with E-state index in [9.17, 15) is 0 Å². The molecule has 0 amide bonds. The Morgan fingerprint density at radius 2 is 1.00 bits per heavy atom. The molecule has 142 valence electrons. The van der Waals surface area contributed by atoms with E-state index in [-0.39, 0.29) is 0 Å². The predicted octanol–water partition coefficient (Wildman–Crippen LogP) is 1.85. The normalized spacial score (nSPS) is 13.4. The van der Waals surface area contributed by atoms with Gasteiger partial charge in [-0.3, -0.25) is 9.97 Å². The second kappa shape index (κ2) is 6.86. The zero-order chi connectivity index (χ0) is 19.8. The third kappa shape index (κ3) is 2.51. The minimum atomic E-state index is -2.53. The minimum Gasteiger partial charge on any atom is -0.497 e. The van der Waals surface area contributed by atoms with Gasteiger partial charge < -0.3 is 9.47 Å². The van der Waals surface area contributed by atoms with Crippen LogP contribution >= 0.6 is 0 Å². The highest BCUT2D eigenvalue weighted by Gasteiger charge is 2.49. The first-order valence-corrected chi connectivity index (χ1v) is 11.5. The minimum absolute atomic E-state index is 0.850. The first kappa shape index (κ1) is 17.6. The molecule has 0 aliphatic carbocycles. The fraction of sp³-hybridized carbons (Fsp3) is 0.0833. The smallest absolute Gasteiger partial charge is 0.184 e. The molecule has 0 unspecified atom stereocenters. The van der Waals surface area contributed by atoms with Crippen molar-refractivity contribution in [1.82, 2.24) is 9.97 Å². The van der Waals surface area contributed by atoms with Crippen molar-refractivity contribution in [3.63, 3.8) is 0 Å². The number of rotatable bonds is 4. The van der Waals surface area contributed by atoms with Gasteiger partial charge in [0.15, 0.2) is 8.07 Å². The molecule has 2 aromatic carbocycles. The van der Waals surface area contributed by atoms with E-state index in [4.69, 9.17) is 9.47 Å². The van der Waals surface area contributed by atoms with Gasteiger partial charge in [0.2, 0.25) is 0 Å². The highest BCUT2D eigenvalue weighted by atomic mass is 28.3. The van der Waals surface area contributed by atoms with Crippen LogP contribution in [-0.2, 0) is 0 Å². The summed E-state index contributed by atoms with van der Waals surface area (Å²) in [6.45, 7) is 0. The number of hydrogen-bond donors (Lipinski definition) is 0. The molecule has 0 spiro atoms. The van der Waals surface area contributed by atoms with Crippen LogP contribution < -0.4 is 30.2 Å². The predicted molar refractivity (Wildman–Crippen MR) is 118 cm³/mol. The molecule has 4 nitrogen and oxygen atoms in total. The highest BCUT2D eigenvalue weighted by molar-refractivity contribution is 7.22. The van der Waals surface area contributed by atoms with Crippen molar-refractivity contribution < 1.29 is 9.47 Å². The van der Waals surface area contributed by atoms with Crippen LogP contribution in [0.4, 0.5) is 0 Å². The fourth-order valence-electron chi connectivity index (χ4n) is 4.47. The average molecular weight is 397 g/mol. The highest BCUT2D eigenvalue weighted by Crippen LogP contribution is 2.28. The molecule has 29 heavy (non-hydrogen) atoms. The summed E-state index contributed by atoms with van der Waals surface area (Å²) in [5, 5.41) is 5.14. The van der Waals surface area contributed by atoms with Crippen molar-refractivity contribution >= 4 is 28.8 Å². The number of methoxy groups -OCH3 is 2. The van der Waals surface area contributed by atoms with Gasteiger partial charge >= 0.3 is 0 Å². The van der Waals surface area contributed by atoms with Crippen LogP contribution in [0.1, 0.15) is 0 Å². The average Bonchev–Trinajstić information content (AvgIpc) is 3.11. The van der Waals surface area contributed by atoms with Gasteiger partial charge in [-0.05, 0) is 68.3 Å². The van der Waals surface area contributed by atoms with E-state index in [0.717, 1.165) is 11.5 Å². The molecule has 0 fully saturated rings. The zero-order valence-electron chi connectivity index (χ0n) is 16.3. The van der Waals surface area contributed by atoms with Crippen LogP contribution in [0.2, 0.25) is 0 Å². The lowest BCUT2D eigenvalue weighted by Crippen LogP contribution is -2.72. The Morgan fingerprint density at radius 1 is 0.586 bits per heavy atom. The molecular weight excluding hydrogens is 376 g/mol. The van der Waals surface area contributed by atoms with Crippen molar-refractivity contribution in [1.29, 1.82) is 0 Å². The number of nitrogens with zero attached hydrogens (tertiary/aromatic N) is 2. The summed E-state index contributed by atoms with van der Waals surface area (Å²) in [4.78, 5) is 9.04. The molecule has 0 N–H and O–H groups in total. The molecule has 1 aliphatic rings. The van der Waals surface area contributed by atoms with Crippen molar-refractivity contribution in [3.8, 4) is 22.6 Å². The number of ether oxygens (including phenoxy) is 2. The maximum Gasteiger partial charge on any atom is 0.184 e. The summed E-state index contributed by atoms with van der Waals surface area (Å²) in [5.41, 5.74) is 2.49. The van der Waals surface area contributed by atoms with Gasteiger partial charge in [0.1, 0.15) is 11.5 Å². The van der Waals surface area contributed by atoms with E-state index in [1.54, 1.807) is 14.2 Å². The van der Waals surface area contributed by atoms with E-state index < -0.39 is 8.07 Å². The third-order valence-electron chi connectivity index (χ3n) is 5.79. The van der Waals surface area contributed by atoms with Gasteiger partial charge in [0.25, 0.3) is 0 Å². The number of aromatic nitrogens is 2. The summed E-state index contributed by atoms with van der Waals surface area (Å²) in [6, 6.07) is 21.2. The molecule has 4 aromatic rings.